The van der Waals surface area contributed by atoms with Gasteiger partial charge < -0.3 is 9.30 Å². The van der Waals surface area contributed by atoms with Crippen molar-refractivity contribution in [1.29, 1.82) is 0 Å². The summed E-state index contributed by atoms with van der Waals surface area (Å²) in [5, 5.41) is 0.546. The van der Waals surface area contributed by atoms with Gasteiger partial charge in [0.2, 0.25) is 0 Å². The van der Waals surface area contributed by atoms with E-state index < -0.39 is 0 Å². The van der Waals surface area contributed by atoms with Crippen LogP contribution in [0.5, 0.6) is 5.75 Å². The molecule has 0 aliphatic rings. The first-order valence-electron chi connectivity index (χ1n) is 6.80. The van der Waals surface area contributed by atoms with E-state index in [1.165, 1.54) is 0 Å². The summed E-state index contributed by atoms with van der Waals surface area (Å²) < 4.78 is 7.90. The monoisotopic (exact) mass is 427 g/mol. The summed E-state index contributed by atoms with van der Waals surface area (Å²) in [4.78, 5) is 12.2. The van der Waals surface area contributed by atoms with Gasteiger partial charge in [-0.15, -0.1) is 5.92 Å². The number of hydrogen-bond acceptors (Lipinski definition) is 2. The Labute approximate surface area is 148 Å². The predicted octanol–water partition coefficient (Wildman–Crippen LogP) is 4.20. The first-order valence-corrected chi connectivity index (χ1v) is 8.25. The van der Waals surface area contributed by atoms with Crippen molar-refractivity contribution in [2.45, 2.75) is 20.4 Å². The number of aromatic nitrogens is 1. The Bertz CT molecular complexity index is 803. The van der Waals surface area contributed by atoms with Crippen LogP contribution in [0.4, 0.5) is 0 Å². The van der Waals surface area contributed by atoms with Crippen molar-refractivity contribution in [3.8, 4) is 28.8 Å². The third-order valence-corrected chi connectivity index (χ3v) is 4.28. The van der Waals surface area contributed by atoms with Crippen molar-refractivity contribution in [3.63, 3.8) is 0 Å². The normalized spacial score (nSPS) is 10.0. The second kappa shape index (κ2) is 7.70. The van der Waals surface area contributed by atoms with E-state index in [0.29, 0.717) is 27.5 Å². The Morgan fingerprint density at radius 3 is 2.73 bits per heavy atom. The van der Waals surface area contributed by atoms with Gasteiger partial charge in [0.15, 0.2) is 0 Å². The Morgan fingerprint density at radius 2 is 2.09 bits per heavy atom. The van der Waals surface area contributed by atoms with E-state index in [9.17, 15) is 4.79 Å². The van der Waals surface area contributed by atoms with E-state index in [4.69, 9.17) is 16.3 Å². The number of ether oxygens (including phenoxy) is 1. The largest absolute Gasteiger partial charge is 0.481 e. The van der Waals surface area contributed by atoms with Crippen LogP contribution >= 0.6 is 34.2 Å². The molecule has 5 heteroatoms. The maximum atomic E-state index is 12.2. The topological polar surface area (TPSA) is 31.2 Å². The SMILES string of the molecule is CC#CCOc1ccc(-c2ccc(I)c(=O)n2CC)c(Cl)c1. The molecule has 0 atom stereocenters. The molecule has 1 aromatic carbocycles. The molecule has 0 fully saturated rings. The van der Waals surface area contributed by atoms with Crippen LogP contribution in [-0.2, 0) is 6.54 Å². The zero-order valence-electron chi connectivity index (χ0n) is 12.3. The van der Waals surface area contributed by atoms with E-state index in [1.54, 1.807) is 17.6 Å². The maximum absolute atomic E-state index is 12.2. The molecule has 114 valence electrons. The van der Waals surface area contributed by atoms with Crippen LogP contribution in [0.1, 0.15) is 13.8 Å². The highest BCUT2D eigenvalue weighted by molar-refractivity contribution is 14.1. The highest BCUT2D eigenvalue weighted by Gasteiger charge is 2.11. The summed E-state index contributed by atoms with van der Waals surface area (Å²) in [7, 11) is 0. The lowest BCUT2D eigenvalue weighted by Crippen LogP contribution is -2.22. The fourth-order valence-electron chi connectivity index (χ4n) is 2.09. The van der Waals surface area contributed by atoms with Gasteiger partial charge >= 0.3 is 0 Å². The Kier molecular flexibility index (Phi) is 5.92. The minimum Gasteiger partial charge on any atom is -0.481 e. The summed E-state index contributed by atoms with van der Waals surface area (Å²) in [6.07, 6.45) is 0. The molecule has 0 aliphatic carbocycles. The van der Waals surface area contributed by atoms with Gasteiger partial charge in [0.05, 0.1) is 14.3 Å². The van der Waals surface area contributed by atoms with Crippen LogP contribution < -0.4 is 10.3 Å². The number of benzene rings is 1. The van der Waals surface area contributed by atoms with Crippen molar-refractivity contribution < 1.29 is 4.74 Å². The van der Waals surface area contributed by atoms with Crippen LogP contribution in [0.25, 0.3) is 11.3 Å². The summed E-state index contributed by atoms with van der Waals surface area (Å²) >= 11 is 8.41. The fourth-order valence-corrected chi connectivity index (χ4v) is 2.82. The predicted molar refractivity (Wildman–Crippen MR) is 98.5 cm³/mol. The molecule has 1 aromatic heterocycles. The summed E-state index contributed by atoms with van der Waals surface area (Å²) in [5.41, 5.74) is 1.61. The summed E-state index contributed by atoms with van der Waals surface area (Å²) in [6.45, 7) is 4.62. The van der Waals surface area contributed by atoms with Crippen LogP contribution in [0.2, 0.25) is 5.02 Å². The van der Waals surface area contributed by atoms with E-state index in [1.807, 2.05) is 53.8 Å². The summed E-state index contributed by atoms with van der Waals surface area (Å²) in [5.74, 6) is 6.26. The molecule has 1 heterocycles. The minimum atomic E-state index is -0.00443. The maximum Gasteiger partial charge on any atom is 0.264 e. The quantitative estimate of drug-likeness (QED) is 0.541. The first-order chi connectivity index (χ1) is 10.6. The fraction of sp³-hybridized carbons (Fsp3) is 0.235. The third-order valence-electron chi connectivity index (χ3n) is 3.15. The highest BCUT2D eigenvalue weighted by Crippen LogP contribution is 2.31. The average molecular weight is 428 g/mol. The molecule has 0 spiro atoms. The Morgan fingerprint density at radius 1 is 1.32 bits per heavy atom. The molecule has 0 radical (unpaired) electrons. The molecule has 0 bridgehead atoms. The molecule has 0 saturated carbocycles. The van der Waals surface area contributed by atoms with Gasteiger partial charge in [-0.05, 0) is 66.8 Å². The Hall–Kier alpha value is -1.45. The lowest BCUT2D eigenvalue weighted by Gasteiger charge is -2.13. The van der Waals surface area contributed by atoms with Gasteiger partial charge in [-0.3, -0.25) is 4.79 Å². The van der Waals surface area contributed by atoms with Crippen LogP contribution in [0.15, 0.2) is 35.1 Å². The average Bonchev–Trinajstić information content (AvgIpc) is 2.51. The van der Waals surface area contributed by atoms with Crippen molar-refractivity contribution in [2.75, 3.05) is 6.61 Å². The standard InChI is InChI=1S/C17H15ClINO2/c1-3-5-10-22-12-6-7-13(14(18)11-12)16-9-8-15(19)17(21)20(16)4-2/h6-9,11H,4,10H2,1-2H3. The highest BCUT2D eigenvalue weighted by atomic mass is 127. The molecule has 0 aliphatic heterocycles. The Balaban J connectivity index is 2.43. The molecule has 2 rings (SSSR count). The zero-order valence-corrected chi connectivity index (χ0v) is 15.2. The van der Waals surface area contributed by atoms with Crippen molar-refractivity contribution in [3.05, 3.63) is 49.3 Å². The number of rotatable bonds is 4. The smallest absolute Gasteiger partial charge is 0.264 e. The van der Waals surface area contributed by atoms with Crippen LogP contribution in [0, 0.1) is 15.4 Å². The van der Waals surface area contributed by atoms with Crippen LogP contribution in [0.3, 0.4) is 0 Å². The molecule has 0 saturated heterocycles. The van der Waals surface area contributed by atoms with Gasteiger partial charge in [-0.25, -0.2) is 0 Å². The summed E-state index contributed by atoms with van der Waals surface area (Å²) in [6, 6.07) is 9.17. The number of halogens is 2. The number of hydrogen-bond donors (Lipinski definition) is 0. The van der Waals surface area contributed by atoms with Gasteiger partial charge in [-0.1, -0.05) is 17.5 Å². The van der Waals surface area contributed by atoms with Crippen molar-refractivity contribution in [1.82, 2.24) is 4.57 Å². The van der Waals surface area contributed by atoms with Gasteiger partial charge in [0.1, 0.15) is 12.4 Å². The van der Waals surface area contributed by atoms with E-state index in [-0.39, 0.29) is 5.56 Å². The molecule has 2 aromatic rings. The van der Waals surface area contributed by atoms with Gasteiger partial charge in [0.25, 0.3) is 5.56 Å². The van der Waals surface area contributed by atoms with E-state index in [0.717, 1.165) is 11.3 Å². The van der Waals surface area contributed by atoms with E-state index >= 15 is 0 Å². The molecular formula is C17H15ClINO2. The van der Waals surface area contributed by atoms with Crippen molar-refractivity contribution in [2.24, 2.45) is 0 Å². The third kappa shape index (κ3) is 3.65. The molecule has 22 heavy (non-hydrogen) atoms. The molecule has 0 unspecified atom stereocenters. The van der Waals surface area contributed by atoms with Crippen LogP contribution in [-0.4, -0.2) is 11.2 Å². The number of pyridine rings is 1. The zero-order chi connectivity index (χ0) is 16.1. The minimum absolute atomic E-state index is 0.00443. The molecule has 0 N–H and O–H groups in total. The lowest BCUT2D eigenvalue weighted by molar-refractivity contribution is 0.370. The van der Waals surface area contributed by atoms with Crippen molar-refractivity contribution >= 4 is 34.2 Å². The molecule has 3 nitrogen and oxygen atoms in total. The second-order valence-electron chi connectivity index (χ2n) is 4.47. The lowest BCUT2D eigenvalue weighted by atomic mass is 10.1. The molecular weight excluding hydrogens is 413 g/mol. The van der Waals surface area contributed by atoms with Gasteiger partial charge in [-0.2, -0.15) is 0 Å². The second-order valence-corrected chi connectivity index (χ2v) is 6.04. The van der Waals surface area contributed by atoms with Gasteiger partial charge in [0, 0.05) is 12.1 Å². The molecule has 0 amide bonds. The first kappa shape index (κ1) is 16.9. The number of nitrogens with zero attached hydrogens (tertiary/aromatic N) is 1. The van der Waals surface area contributed by atoms with E-state index in [2.05, 4.69) is 11.8 Å².